The van der Waals surface area contributed by atoms with Crippen molar-refractivity contribution in [3.63, 3.8) is 0 Å². The van der Waals surface area contributed by atoms with Crippen LogP contribution >= 0.6 is 0 Å². The topological polar surface area (TPSA) is 21.3 Å². The molecule has 118 valence electrons. The van der Waals surface area contributed by atoms with E-state index in [2.05, 4.69) is 50.4 Å². The molecule has 1 aromatic carbocycles. The van der Waals surface area contributed by atoms with Crippen molar-refractivity contribution >= 4 is 0 Å². The van der Waals surface area contributed by atoms with Crippen LogP contribution in [0.4, 0.5) is 0 Å². The van der Waals surface area contributed by atoms with Crippen molar-refractivity contribution in [2.75, 3.05) is 6.61 Å². The second kappa shape index (κ2) is 8.43. The van der Waals surface area contributed by atoms with Gasteiger partial charge >= 0.3 is 0 Å². The maximum atomic E-state index is 5.63. The molecular weight excluding hydrogens is 258 g/mol. The fourth-order valence-corrected chi connectivity index (χ4v) is 3.38. The average molecular weight is 289 g/mol. The lowest BCUT2D eigenvalue weighted by atomic mass is 9.78. The standard InChI is InChI=1S/C19H31NO/c1-4-13-21-17-11-9-16(10-12-17)14-20-19-8-6-5-7-18(19)15(2)3/h9-12,15,18-20H,4-8,13-14H2,1-3H3. The van der Waals surface area contributed by atoms with Gasteiger partial charge in [0.25, 0.3) is 0 Å². The van der Waals surface area contributed by atoms with Crippen molar-refractivity contribution in [2.24, 2.45) is 11.8 Å². The molecule has 0 aliphatic heterocycles. The summed E-state index contributed by atoms with van der Waals surface area (Å²) in [4.78, 5) is 0. The van der Waals surface area contributed by atoms with E-state index in [9.17, 15) is 0 Å². The quantitative estimate of drug-likeness (QED) is 0.780. The van der Waals surface area contributed by atoms with E-state index in [4.69, 9.17) is 4.74 Å². The van der Waals surface area contributed by atoms with Crippen molar-refractivity contribution in [3.05, 3.63) is 29.8 Å². The summed E-state index contributed by atoms with van der Waals surface area (Å²) >= 11 is 0. The second-order valence-corrected chi connectivity index (χ2v) is 6.67. The average Bonchev–Trinajstić information content (AvgIpc) is 2.52. The highest BCUT2D eigenvalue weighted by atomic mass is 16.5. The highest BCUT2D eigenvalue weighted by Crippen LogP contribution is 2.30. The predicted molar refractivity (Wildman–Crippen MR) is 89.7 cm³/mol. The molecule has 1 aliphatic rings. The first-order chi connectivity index (χ1) is 10.2. The van der Waals surface area contributed by atoms with Crippen molar-refractivity contribution in [1.82, 2.24) is 5.32 Å². The van der Waals surface area contributed by atoms with E-state index in [1.54, 1.807) is 0 Å². The van der Waals surface area contributed by atoms with E-state index >= 15 is 0 Å². The van der Waals surface area contributed by atoms with E-state index < -0.39 is 0 Å². The normalized spacial score (nSPS) is 22.5. The molecule has 0 saturated heterocycles. The van der Waals surface area contributed by atoms with Gasteiger partial charge in [-0.25, -0.2) is 0 Å². The Kier molecular flexibility index (Phi) is 6.56. The van der Waals surface area contributed by atoms with Gasteiger partial charge < -0.3 is 10.1 Å². The lowest BCUT2D eigenvalue weighted by Crippen LogP contribution is -2.40. The number of rotatable bonds is 7. The summed E-state index contributed by atoms with van der Waals surface area (Å²) in [7, 11) is 0. The first-order valence-electron chi connectivity index (χ1n) is 8.65. The molecule has 1 saturated carbocycles. The molecule has 2 heteroatoms. The fraction of sp³-hybridized carbons (Fsp3) is 0.684. The summed E-state index contributed by atoms with van der Waals surface area (Å²) in [6.45, 7) is 8.64. The molecule has 2 atom stereocenters. The van der Waals surface area contributed by atoms with Gasteiger partial charge in [-0.3, -0.25) is 0 Å². The minimum Gasteiger partial charge on any atom is -0.494 e. The molecule has 0 aromatic heterocycles. The summed E-state index contributed by atoms with van der Waals surface area (Å²) in [6, 6.07) is 9.24. The molecular formula is C19H31NO. The molecule has 1 aromatic rings. The molecule has 2 unspecified atom stereocenters. The Balaban J connectivity index is 1.84. The van der Waals surface area contributed by atoms with Crippen LogP contribution in [0.15, 0.2) is 24.3 Å². The highest BCUT2D eigenvalue weighted by Gasteiger charge is 2.26. The van der Waals surface area contributed by atoms with Gasteiger partial charge in [0.2, 0.25) is 0 Å². The maximum absolute atomic E-state index is 5.63. The van der Waals surface area contributed by atoms with Crippen molar-refractivity contribution in [1.29, 1.82) is 0 Å². The van der Waals surface area contributed by atoms with Gasteiger partial charge in [0, 0.05) is 12.6 Å². The Morgan fingerprint density at radius 2 is 1.86 bits per heavy atom. The number of ether oxygens (including phenoxy) is 1. The maximum Gasteiger partial charge on any atom is 0.119 e. The Labute approximate surface area is 130 Å². The summed E-state index contributed by atoms with van der Waals surface area (Å²) in [5.41, 5.74) is 1.35. The largest absolute Gasteiger partial charge is 0.494 e. The van der Waals surface area contributed by atoms with E-state index in [-0.39, 0.29) is 0 Å². The van der Waals surface area contributed by atoms with Crippen LogP contribution < -0.4 is 10.1 Å². The van der Waals surface area contributed by atoms with Gasteiger partial charge in [-0.15, -0.1) is 0 Å². The summed E-state index contributed by atoms with van der Waals surface area (Å²) < 4.78 is 5.63. The Morgan fingerprint density at radius 3 is 2.52 bits per heavy atom. The third-order valence-electron chi connectivity index (χ3n) is 4.64. The molecule has 0 spiro atoms. The molecule has 1 aliphatic carbocycles. The monoisotopic (exact) mass is 289 g/mol. The van der Waals surface area contributed by atoms with Crippen LogP contribution in [0.5, 0.6) is 5.75 Å². The number of nitrogens with one attached hydrogen (secondary N) is 1. The van der Waals surface area contributed by atoms with Crippen LogP contribution in [-0.2, 0) is 6.54 Å². The Bertz CT molecular complexity index is 399. The van der Waals surface area contributed by atoms with E-state index in [0.29, 0.717) is 6.04 Å². The number of hydrogen-bond donors (Lipinski definition) is 1. The molecule has 2 rings (SSSR count). The van der Waals surface area contributed by atoms with Crippen molar-refractivity contribution in [2.45, 2.75) is 65.5 Å². The van der Waals surface area contributed by atoms with Crippen LogP contribution in [-0.4, -0.2) is 12.6 Å². The third kappa shape index (κ3) is 5.03. The zero-order chi connectivity index (χ0) is 15.1. The lowest BCUT2D eigenvalue weighted by molar-refractivity contribution is 0.204. The van der Waals surface area contributed by atoms with Gasteiger partial charge in [-0.2, -0.15) is 0 Å². The Morgan fingerprint density at radius 1 is 1.14 bits per heavy atom. The third-order valence-corrected chi connectivity index (χ3v) is 4.64. The minimum atomic E-state index is 0.690. The van der Waals surface area contributed by atoms with Crippen molar-refractivity contribution in [3.8, 4) is 5.75 Å². The van der Waals surface area contributed by atoms with E-state index in [1.165, 1.54) is 31.2 Å². The van der Waals surface area contributed by atoms with Gasteiger partial charge in [0.15, 0.2) is 0 Å². The molecule has 0 heterocycles. The van der Waals surface area contributed by atoms with Crippen LogP contribution in [0.25, 0.3) is 0 Å². The second-order valence-electron chi connectivity index (χ2n) is 6.67. The van der Waals surface area contributed by atoms with Gasteiger partial charge in [-0.1, -0.05) is 45.7 Å². The SMILES string of the molecule is CCCOc1ccc(CNC2CCCCC2C(C)C)cc1. The van der Waals surface area contributed by atoms with Crippen molar-refractivity contribution < 1.29 is 4.74 Å². The molecule has 2 nitrogen and oxygen atoms in total. The molecule has 1 fully saturated rings. The fourth-order valence-electron chi connectivity index (χ4n) is 3.38. The van der Waals surface area contributed by atoms with E-state index in [1.807, 2.05) is 0 Å². The molecule has 1 N–H and O–H groups in total. The molecule has 0 amide bonds. The van der Waals surface area contributed by atoms with E-state index in [0.717, 1.165) is 37.2 Å². The lowest BCUT2D eigenvalue weighted by Gasteiger charge is -2.35. The zero-order valence-electron chi connectivity index (χ0n) is 13.9. The molecule has 21 heavy (non-hydrogen) atoms. The van der Waals surface area contributed by atoms with Gasteiger partial charge in [0.1, 0.15) is 5.75 Å². The molecule has 0 radical (unpaired) electrons. The highest BCUT2D eigenvalue weighted by molar-refractivity contribution is 5.27. The van der Waals surface area contributed by atoms with Gasteiger partial charge in [0.05, 0.1) is 6.61 Å². The zero-order valence-corrected chi connectivity index (χ0v) is 13.9. The smallest absolute Gasteiger partial charge is 0.119 e. The van der Waals surface area contributed by atoms with Crippen LogP contribution in [0, 0.1) is 11.8 Å². The predicted octanol–water partition coefficient (Wildman–Crippen LogP) is 4.78. The van der Waals surface area contributed by atoms with Crippen LogP contribution in [0.2, 0.25) is 0 Å². The minimum absolute atomic E-state index is 0.690. The Hall–Kier alpha value is -1.02. The van der Waals surface area contributed by atoms with Gasteiger partial charge in [-0.05, 0) is 48.8 Å². The summed E-state index contributed by atoms with van der Waals surface area (Å²) in [5, 5.41) is 3.79. The van der Waals surface area contributed by atoms with Crippen LogP contribution in [0.3, 0.4) is 0 Å². The number of benzene rings is 1. The van der Waals surface area contributed by atoms with Crippen LogP contribution in [0.1, 0.15) is 58.4 Å². The first kappa shape index (κ1) is 16.4. The first-order valence-corrected chi connectivity index (χ1v) is 8.65. The molecule has 0 bridgehead atoms. The summed E-state index contributed by atoms with van der Waals surface area (Å²) in [6.07, 6.45) is 6.57. The summed E-state index contributed by atoms with van der Waals surface area (Å²) in [5.74, 6) is 2.61. The number of hydrogen-bond acceptors (Lipinski definition) is 2.